The van der Waals surface area contributed by atoms with Gasteiger partial charge in [0.05, 0.1) is 17.0 Å². The number of pyridine rings is 1. The molecule has 4 rings (SSSR count). The van der Waals surface area contributed by atoms with Gasteiger partial charge in [-0.05, 0) is 48.5 Å². The number of anilines is 2. The number of amides is 2. The van der Waals surface area contributed by atoms with E-state index in [2.05, 4.69) is 21.7 Å². The molecule has 0 bridgehead atoms. The van der Waals surface area contributed by atoms with E-state index in [0.29, 0.717) is 38.7 Å². The number of urea groups is 1. The van der Waals surface area contributed by atoms with Gasteiger partial charge in [-0.25, -0.2) is 9.59 Å². The second-order valence-electron chi connectivity index (χ2n) is 5.79. The molecule has 0 saturated heterocycles. The first-order chi connectivity index (χ1) is 13.1. The number of carbonyl (C=O) groups is 1. The van der Waals surface area contributed by atoms with Crippen molar-refractivity contribution >= 4 is 39.1 Å². The normalized spacial score (nSPS) is 10.5. The molecule has 130 valence electrons. The SMILES string of the molecule is N#Cc1ccc2c(=O)oc3ccc(NC(=O)Nc4ccncc4)cc3c2c1. The fourth-order valence-electron chi connectivity index (χ4n) is 2.81. The molecule has 4 aromatic rings. The van der Waals surface area contributed by atoms with Crippen LogP contribution in [0.15, 0.2) is 70.1 Å². The molecule has 0 radical (unpaired) electrons. The Morgan fingerprint density at radius 1 is 0.926 bits per heavy atom. The Bertz CT molecular complexity index is 1270. The number of aromatic nitrogens is 1. The quantitative estimate of drug-likeness (QED) is 0.419. The number of fused-ring (bicyclic) bond motifs is 3. The van der Waals surface area contributed by atoms with Crippen LogP contribution in [0, 0.1) is 11.3 Å². The lowest BCUT2D eigenvalue weighted by molar-refractivity contribution is 0.262. The van der Waals surface area contributed by atoms with Crippen molar-refractivity contribution in [2.24, 2.45) is 0 Å². The van der Waals surface area contributed by atoms with Crippen LogP contribution in [0.4, 0.5) is 16.2 Å². The van der Waals surface area contributed by atoms with Crippen LogP contribution < -0.4 is 16.3 Å². The molecule has 7 heteroatoms. The highest BCUT2D eigenvalue weighted by molar-refractivity contribution is 6.07. The van der Waals surface area contributed by atoms with Crippen LogP contribution in [0.5, 0.6) is 0 Å². The van der Waals surface area contributed by atoms with Crippen LogP contribution in [-0.4, -0.2) is 11.0 Å². The highest BCUT2D eigenvalue weighted by Gasteiger charge is 2.10. The van der Waals surface area contributed by atoms with E-state index < -0.39 is 11.7 Å². The van der Waals surface area contributed by atoms with Gasteiger partial charge in [0.25, 0.3) is 0 Å². The Kier molecular flexibility index (Phi) is 3.99. The van der Waals surface area contributed by atoms with Gasteiger partial charge >= 0.3 is 11.7 Å². The zero-order chi connectivity index (χ0) is 18.8. The van der Waals surface area contributed by atoms with Crippen molar-refractivity contribution in [2.75, 3.05) is 10.6 Å². The van der Waals surface area contributed by atoms with Crippen LogP contribution in [0.1, 0.15) is 5.56 Å². The molecule has 2 N–H and O–H groups in total. The summed E-state index contributed by atoms with van der Waals surface area (Å²) in [5.74, 6) is 0. The first-order valence-corrected chi connectivity index (χ1v) is 8.03. The molecule has 0 spiro atoms. The minimum atomic E-state index is -0.474. The fourth-order valence-corrected chi connectivity index (χ4v) is 2.81. The summed E-state index contributed by atoms with van der Waals surface area (Å²) < 4.78 is 5.33. The lowest BCUT2D eigenvalue weighted by atomic mass is 10.0. The fraction of sp³-hybridized carbons (Fsp3) is 0. The van der Waals surface area contributed by atoms with Crippen molar-refractivity contribution in [3.63, 3.8) is 0 Å². The predicted octanol–water partition coefficient (Wildman–Crippen LogP) is 3.86. The number of nitrogens with one attached hydrogen (secondary N) is 2. The Hall–Kier alpha value is -4.18. The Morgan fingerprint density at radius 2 is 1.70 bits per heavy atom. The molecule has 27 heavy (non-hydrogen) atoms. The lowest BCUT2D eigenvalue weighted by Gasteiger charge is -2.09. The van der Waals surface area contributed by atoms with Crippen LogP contribution in [0.2, 0.25) is 0 Å². The molecule has 0 atom stereocenters. The molecule has 2 aromatic carbocycles. The second-order valence-corrected chi connectivity index (χ2v) is 5.79. The first kappa shape index (κ1) is 16.3. The molecule has 0 aliphatic rings. The summed E-state index contributed by atoms with van der Waals surface area (Å²) in [5, 5.41) is 16.2. The molecular weight excluding hydrogens is 344 g/mol. The summed E-state index contributed by atoms with van der Waals surface area (Å²) in [7, 11) is 0. The molecule has 7 nitrogen and oxygen atoms in total. The molecule has 2 amide bonds. The highest BCUT2D eigenvalue weighted by Crippen LogP contribution is 2.26. The maximum atomic E-state index is 12.2. The minimum absolute atomic E-state index is 0.375. The van der Waals surface area contributed by atoms with Crippen molar-refractivity contribution in [1.82, 2.24) is 4.98 Å². The van der Waals surface area contributed by atoms with Crippen LogP contribution in [-0.2, 0) is 0 Å². The van der Waals surface area contributed by atoms with Crippen molar-refractivity contribution in [1.29, 1.82) is 5.26 Å². The molecule has 0 unspecified atom stereocenters. The van der Waals surface area contributed by atoms with Gasteiger partial charge in [0.2, 0.25) is 0 Å². The third kappa shape index (κ3) is 3.19. The third-order valence-corrected chi connectivity index (χ3v) is 4.04. The van der Waals surface area contributed by atoms with E-state index in [1.165, 1.54) is 0 Å². The molecule has 0 aliphatic carbocycles. The molecule has 2 heterocycles. The molecule has 0 saturated carbocycles. The standard InChI is InChI=1S/C20H12N4O3/c21-11-12-1-3-15-16(9-12)17-10-14(2-4-18(17)27-19(15)25)24-20(26)23-13-5-7-22-8-6-13/h1-10H,(H2,22,23,24,26). The summed E-state index contributed by atoms with van der Waals surface area (Å²) in [6.07, 6.45) is 3.15. The Labute approximate surface area is 152 Å². The maximum Gasteiger partial charge on any atom is 0.344 e. The van der Waals surface area contributed by atoms with Gasteiger partial charge in [-0.15, -0.1) is 0 Å². The molecule has 2 aromatic heterocycles. The third-order valence-electron chi connectivity index (χ3n) is 4.04. The van der Waals surface area contributed by atoms with Gasteiger partial charge in [0.1, 0.15) is 5.58 Å². The molecular formula is C20H12N4O3. The largest absolute Gasteiger partial charge is 0.422 e. The average Bonchev–Trinajstić information content (AvgIpc) is 2.69. The molecule has 0 aliphatic heterocycles. The van der Waals surface area contributed by atoms with Crippen molar-refractivity contribution in [3.8, 4) is 6.07 Å². The topological polar surface area (TPSA) is 108 Å². The Morgan fingerprint density at radius 3 is 2.48 bits per heavy atom. The number of rotatable bonds is 2. The predicted molar refractivity (Wildman–Crippen MR) is 102 cm³/mol. The number of hydrogen-bond acceptors (Lipinski definition) is 5. The number of hydrogen-bond donors (Lipinski definition) is 2. The van der Waals surface area contributed by atoms with E-state index in [1.807, 2.05) is 0 Å². The summed E-state index contributed by atoms with van der Waals surface area (Å²) in [6, 6.07) is 14.7. The number of nitrogens with zero attached hydrogens (tertiary/aromatic N) is 2. The minimum Gasteiger partial charge on any atom is -0.422 e. The second kappa shape index (κ2) is 6.61. The van der Waals surface area contributed by atoms with Gasteiger partial charge in [0, 0.05) is 34.5 Å². The van der Waals surface area contributed by atoms with E-state index in [9.17, 15) is 9.59 Å². The van der Waals surface area contributed by atoms with Crippen molar-refractivity contribution in [3.05, 3.63) is 76.9 Å². The molecule has 0 fully saturated rings. The van der Waals surface area contributed by atoms with Crippen molar-refractivity contribution < 1.29 is 9.21 Å². The monoisotopic (exact) mass is 356 g/mol. The van der Waals surface area contributed by atoms with Gasteiger partial charge in [-0.2, -0.15) is 5.26 Å². The van der Waals surface area contributed by atoms with Crippen molar-refractivity contribution in [2.45, 2.75) is 0 Å². The maximum absolute atomic E-state index is 12.2. The van der Waals surface area contributed by atoms with E-state index >= 15 is 0 Å². The van der Waals surface area contributed by atoms with E-state index in [4.69, 9.17) is 9.68 Å². The van der Waals surface area contributed by atoms with Crippen LogP contribution in [0.25, 0.3) is 21.7 Å². The van der Waals surface area contributed by atoms with Crippen LogP contribution in [0.3, 0.4) is 0 Å². The summed E-state index contributed by atoms with van der Waals surface area (Å²) in [5.41, 5.74) is 1.47. The first-order valence-electron chi connectivity index (χ1n) is 8.03. The summed E-state index contributed by atoms with van der Waals surface area (Å²) in [4.78, 5) is 28.2. The lowest BCUT2D eigenvalue weighted by Crippen LogP contribution is -2.19. The zero-order valence-corrected chi connectivity index (χ0v) is 13.9. The smallest absolute Gasteiger partial charge is 0.344 e. The summed E-state index contributed by atoms with van der Waals surface area (Å²) >= 11 is 0. The van der Waals surface area contributed by atoms with Gasteiger partial charge in [-0.1, -0.05) is 0 Å². The van der Waals surface area contributed by atoms with E-state index in [-0.39, 0.29) is 0 Å². The Balaban J connectivity index is 1.74. The van der Waals surface area contributed by atoms with Gasteiger partial charge in [-0.3, -0.25) is 4.98 Å². The summed E-state index contributed by atoms with van der Waals surface area (Å²) in [6.45, 7) is 0. The average molecular weight is 356 g/mol. The van der Waals surface area contributed by atoms with Gasteiger partial charge in [0.15, 0.2) is 0 Å². The zero-order valence-electron chi connectivity index (χ0n) is 13.9. The number of nitriles is 1. The highest BCUT2D eigenvalue weighted by atomic mass is 16.4. The van der Waals surface area contributed by atoms with E-state index in [0.717, 1.165) is 0 Å². The van der Waals surface area contributed by atoms with Crippen LogP contribution >= 0.6 is 0 Å². The van der Waals surface area contributed by atoms with E-state index in [1.54, 1.807) is 60.9 Å². The number of benzene rings is 2. The number of carbonyl (C=O) groups excluding carboxylic acids is 1. The van der Waals surface area contributed by atoms with Gasteiger partial charge < -0.3 is 15.1 Å².